The third-order valence-electron chi connectivity index (χ3n) is 10.7. The molecule has 2 amide bonds. The van der Waals surface area contributed by atoms with Gasteiger partial charge in [0.1, 0.15) is 42.1 Å². The molecule has 2 aliphatic heterocycles. The maximum atomic E-state index is 12.9. The monoisotopic (exact) mass is 834 g/mol. The number of carbonyl (C=O) groups is 4. The Morgan fingerprint density at radius 1 is 0.750 bits per heavy atom. The van der Waals surface area contributed by atoms with Gasteiger partial charge in [-0.1, -0.05) is 91.0 Å². The predicted molar refractivity (Wildman–Crippen MR) is 211 cm³/mol. The first-order valence-electron chi connectivity index (χ1n) is 20.1. The lowest BCUT2D eigenvalue weighted by molar-refractivity contribution is -0.388. The number of amides is 2. The molecular formula is C44H54N2O14. The first-order chi connectivity index (χ1) is 28.9. The van der Waals surface area contributed by atoms with Gasteiger partial charge in [-0.15, -0.1) is 0 Å². The molecule has 16 nitrogen and oxygen atoms in total. The summed E-state index contributed by atoms with van der Waals surface area (Å²) in [5.74, 6) is -3.29. The second-order valence-electron chi connectivity index (χ2n) is 15.0. The molecule has 0 unspecified atom stereocenters. The summed E-state index contributed by atoms with van der Waals surface area (Å²) in [4.78, 5) is 51.1. The Morgan fingerprint density at radius 3 is 1.95 bits per heavy atom. The fourth-order valence-corrected chi connectivity index (χ4v) is 8.15. The largest absolute Gasteiger partial charge is 0.466 e. The van der Waals surface area contributed by atoms with Crippen LogP contribution in [0.15, 0.2) is 91.0 Å². The molecule has 3 aliphatic rings. The number of aliphatic hydroxyl groups excluding tert-OH is 1. The molecule has 60 heavy (non-hydrogen) atoms. The van der Waals surface area contributed by atoms with Crippen molar-refractivity contribution in [1.82, 2.24) is 10.6 Å². The summed E-state index contributed by atoms with van der Waals surface area (Å²) in [6.45, 7) is 5.53. The summed E-state index contributed by atoms with van der Waals surface area (Å²) < 4.78 is 49.8. The smallest absolute Gasteiger partial charge is 0.308 e. The molecule has 16 heteroatoms. The Balaban J connectivity index is 1.39. The van der Waals surface area contributed by atoms with Gasteiger partial charge in [0.2, 0.25) is 11.8 Å². The van der Waals surface area contributed by atoms with Crippen molar-refractivity contribution in [2.45, 2.75) is 120 Å². The number of aliphatic hydroxyl groups is 2. The van der Waals surface area contributed by atoms with Crippen LogP contribution in [-0.4, -0.2) is 121 Å². The summed E-state index contributed by atoms with van der Waals surface area (Å²) in [6.07, 6.45) is -10.4. The van der Waals surface area contributed by atoms with Crippen molar-refractivity contribution in [2.24, 2.45) is 0 Å². The van der Waals surface area contributed by atoms with E-state index in [0.717, 1.165) is 18.1 Å². The zero-order chi connectivity index (χ0) is 42.8. The van der Waals surface area contributed by atoms with E-state index in [1.54, 1.807) is 37.3 Å². The fourth-order valence-electron chi connectivity index (χ4n) is 8.15. The normalized spacial score (nSPS) is 30.9. The fraction of sp³-hybridized carbons (Fsp3) is 0.500. The van der Waals surface area contributed by atoms with Crippen LogP contribution in [0.5, 0.6) is 0 Å². The number of carbonyl (C=O) groups excluding carboxylic acids is 4. The number of ether oxygens (including phenoxy) is 8. The quantitative estimate of drug-likeness (QED) is 0.136. The first kappa shape index (κ1) is 44.8. The van der Waals surface area contributed by atoms with Crippen LogP contribution in [0, 0.1) is 0 Å². The van der Waals surface area contributed by atoms with Crippen molar-refractivity contribution in [3.05, 3.63) is 108 Å². The molecule has 324 valence electrons. The van der Waals surface area contributed by atoms with E-state index in [1.165, 1.54) is 13.8 Å². The third kappa shape index (κ3) is 10.6. The SMILES string of the molecule is CCOC(=O)CCO[C@@H]1[C@@H](NC(C)=O)[C@@H](OCc2ccccc2)O[C@H](COCc2ccccc2)[C@H]1O[C@@H]1O[C@@H]2[C@H](O)[C@@H](c3ccccc3)[C@]2(O)[C@H](OC(C)=O)[C@H]1NC(C)=O. The standard InChI is InChI=1S/C44H54N2O14/c1-5-54-33(50)21-22-55-39-35(45-26(2)47)42(56-24-30-17-11-7-12-18-30)58-32(25-53-23-29-15-9-6-10-16-29)38(39)59-43-36(46-27(3)48)40(57-28(4)49)44(52)34(37(51)41(44)60-43)31-19-13-8-14-20-31/h6-20,32,34-43,51-52H,5,21-25H2,1-4H3,(H,45,47)(H,46,48)/t32-,34-,35-,36-,37-,38-,39-,40-,41-,42+,43-,44+/m1/s1. The Hall–Kier alpha value is -4.78. The number of benzene rings is 3. The zero-order valence-electron chi connectivity index (χ0n) is 34.0. The molecule has 1 aliphatic carbocycles. The maximum Gasteiger partial charge on any atom is 0.308 e. The Morgan fingerprint density at radius 2 is 1.35 bits per heavy atom. The highest BCUT2D eigenvalue weighted by Gasteiger charge is 2.73. The van der Waals surface area contributed by atoms with Crippen LogP contribution in [0.4, 0.5) is 0 Å². The lowest BCUT2D eigenvalue weighted by Crippen LogP contribution is -2.83. The van der Waals surface area contributed by atoms with E-state index in [1.807, 2.05) is 60.7 Å². The Bertz CT molecular complexity index is 1870. The number of fused-ring (bicyclic) bond motifs is 1. The average molecular weight is 835 g/mol. The van der Waals surface area contributed by atoms with Gasteiger partial charge in [0.05, 0.1) is 45.6 Å². The second-order valence-corrected chi connectivity index (χ2v) is 15.0. The second kappa shape index (κ2) is 20.7. The van der Waals surface area contributed by atoms with E-state index in [-0.39, 0.29) is 39.5 Å². The Kier molecular flexibility index (Phi) is 15.4. The van der Waals surface area contributed by atoms with Gasteiger partial charge < -0.3 is 58.7 Å². The van der Waals surface area contributed by atoms with Gasteiger partial charge >= 0.3 is 11.9 Å². The maximum absolute atomic E-state index is 12.9. The predicted octanol–water partition coefficient (Wildman–Crippen LogP) is 2.42. The molecular weight excluding hydrogens is 780 g/mol. The molecule has 2 saturated heterocycles. The number of nitrogens with one attached hydrogen (secondary N) is 2. The number of hydrogen-bond acceptors (Lipinski definition) is 14. The van der Waals surface area contributed by atoms with Crippen molar-refractivity contribution in [3.8, 4) is 0 Å². The molecule has 3 fully saturated rings. The summed E-state index contributed by atoms with van der Waals surface area (Å²) in [5, 5.41) is 29.7. The number of rotatable bonds is 18. The number of hydrogen-bond donors (Lipinski definition) is 4. The van der Waals surface area contributed by atoms with Gasteiger partial charge in [-0.3, -0.25) is 19.2 Å². The van der Waals surface area contributed by atoms with E-state index >= 15 is 0 Å². The lowest BCUT2D eigenvalue weighted by Gasteiger charge is -2.63. The van der Waals surface area contributed by atoms with Gasteiger partial charge in [0, 0.05) is 26.7 Å². The van der Waals surface area contributed by atoms with Crippen LogP contribution in [0.1, 0.15) is 56.7 Å². The zero-order valence-corrected chi connectivity index (χ0v) is 34.0. The van der Waals surface area contributed by atoms with Crippen molar-refractivity contribution < 1.29 is 67.3 Å². The summed E-state index contributed by atoms with van der Waals surface area (Å²) in [7, 11) is 0. The van der Waals surface area contributed by atoms with Crippen molar-refractivity contribution >= 4 is 23.8 Å². The summed E-state index contributed by atoms with van der Waals surface area (Å²) in [5.41, 5.74) is 0.225. The van der Waals surface area contributed by atoms with E-state index in [0.29, 0.717) is 5.56 Å². The van der Waals surface area contributed by atoms with Crippen LogP contribution in [0.25, 0.3) is 0 Å². The van der Waals surface area contributed by atoms with Gasteiger partial charge in [0.25, 0.3) is 0 Å². The molecule has 1 saturated carbocycles. The molecule has 0 bridgehead atoms. The van der Waals surface area contributed by atoms with Gasteiger partial charge in [-0.25, -0.2) is 0 Å². The first-order valence-corrected chi connectivity index (χ1v) is 20.1. The van der Waals surface area contributed by atoms with E-state index < -0.39 is 96.6 Å². The minimum Gasteiger partial charge on any atom is -0.466 e. The summed E-state index contributed by atoms with van der Waals surface area (Å²) >= 11 is 0. The van der Waals surface area contributed by atoms with Crippen LogP contribution >= 0.6 is 0 Å². The van der Waals surface area contributed by atoms with Crippen molar-refractivity contribution in [3.63, 3.8) is 0 Å². The van der Waals surface area contributed by atoms with Crippen LogP contribution in [0.3, 0.4) is 0 Å². The molecule has 4 N–H and O–H groups in total. The molecule has 6 rings (SSSR count). The topological polar surface area (TPSA) is 207 Å². The van der Waals surface area contributed by atoms with E-state index in [9.17, 15) is 29.4 Å². The van der Waals surface area contributed by atoms with Crippen LogP contribution < -0.4 is 10.6 Å². The number of esters is 2. The molecule has 3 aromatic rings. The molecule has 12 atom stereocenters. The minimum atomic E-state index is -2.02. The lowest BCUT2D eigenvalue weighted by atomic mass is 9.56. The van der Waals surface area contributed by atoms with E-state index in [2.05, 4.69) is 10.6 Å². The van der Waals surface area contributed by atoms with Crippen molar-refractivity contribution in [2.75, 3.05) is 19.8 Å². The highest BCUT2D eigenvalue weighted by Crippen LogP contribution is 2.55. The van der Waals surface area contributed by atoms with Crippen LogP contribution in [0.2, 0.25) is 0 Å². The van der Waals surface area contributed by atoms with Crippen LogP contribution in [-0.2, 0) is 70.3 Å². The highest BCUT2D eigenvalue weighted by molar-refractivity contribution is 5.74. The molecule has 2 heterocycles. The molecule has 0 spiro atoms. The molecule has 0 radical (unpaired) electrons. The van der Waals surface area contributed by atoms with Gasteiger partial charge in [-0.05, 0) is 23.6 Å². The van der Waals surface area contributed by atoms with Gasteiger partial charge in [-0.2, -0.15) is 0 Å². The molecule has 3 aromatic carbocycles. The van der Waals surface area contributed by atoms with Crippen molar-refractivity contribution in [1.29, 1.82) is 0 Å². The average Bonchev–Trinajstić information content (AvgIpc) is 3.22. The molecule has 0 aromatic heterocycles. The minimum absolute atomic E-state index is 0.0847. The van der Waals surface area contributed by atoms with E-state index in [4.69, 9.17) is 37.9 Å². The highest BCUT2D eigenvalue weighted by atomic mass is 16.7. The third-order valence-corrected chi connectivity index (χ3v) is 10.7. The van der Waals surface area contributed by atoms with Gasteiger partial charge in [0.15, 0.2) is 18.7 Å². The Labute approximate surface area is 348 Å². The summed E-state index contributed by atoms with van der Waals surface area (Å²) in [6, 6.07) is 25.0.